The molecule has 0 N–H and O–H groups in total. The van der Waals surface area contributed by atoms with Crippen molar-refractivity contribution in [2.45, 2.75) is 37.5 Å². The number of hydrogen-bond acceptors (Lipinski definition) is 4. The van der Waals surface area contributed by atoms with Crippen LogP contribution in [0.1, 0.15) is 53.3 Å². The van der Waals surface area contributed by atoms with Crippen LogP contribution in [0.25, 0.3) is 0 Å². The maximum absolute atomic E-state index is 13.2. The van der Waals surface area contributed by atoms with E-state index in [2.05, 4.69) is 6.92 Å². The van der Waals surface area contributed by atoms with Gasteiger partial charge < -0.3 is 14.5 Å². The Morgan fingerprint density at radius 3 is 2.25 bits per heavy atom. The van der Waals surface area contributed by atoms with E-state index in [4.69, 9.17) is 16.3 Å². The molecule has 2 aromatic carbocycles. The van der Waals surface area contributed by atoms with Gasteiger partial charge in [-0.15, -0.1) is 11.8 Å². The van der Waals surface area contributed by atoms with E-state index in [0.29, 0.717) is 35.8 Å². The Morgan fingerprint density at radius 2 is 1.59 bits per heavy atom. The molecule has 2 heterocycles. The molecule has 2 saturated heterocycles. The summed E-state index contributed by atoms with van der Waals surface area (Å²) in [6.45, 7) is 4.85. The van der Waals surface area contributed by atoms with Crippen molar-refractivity contribution in [2.24, 2.45) is 0 Å². The van der Waals surface area contributed by atoms with E-state index in [1.165, 1.54) is 0 Å². The van der Waals surface area contributed by atoms with E-state index in [0.717, 1.165) is 43.7 Å². The Kier molecular flexibility index (Phi) is 7.31. The number of piperidine rings is 1. The number of rotatable bonds is 6. The summed E-state index contributed by atoms with van der Waals surface area (Å²) >= 11 is 7.82. The number of halogens is 1. The largest absolute Gasteiger partial charge is 0.494 e. The molecule has 32 heavy (non-hydrogen) atoms. The van der Waals surface area contributed by atoms with Crippen molar-refractivity contribution >= 4 is 35.2 Å². The van der Waals surface area contributed by atoms with Crippen LogP contribution in [0.3, 0.4) is 0 Å². The second kappa shape index (κ2) is 10.2. The second-order valence-electron chi connectivity index (χ2n) is 8.28. The number of nitrogens with zero attached hydrogens (tertiary/aromatic N) is 2. The monoisotopic (exact) mass is 472 g/mol. The molecule has 4 rings (SSSR count). The van der Waals surface area contributed by atoms with Gasteiger partial charge in [-0.3, -0.25) is 9.59 Å². The number of ether oxygens (including phenoxy) is 1. The van der Waals surface area contributed by atoms with Crippen molar-refractivity contribution in [2.75, 3.05) is 32.0 Å². The summed E-state index contributed by atoms with van der Waals surface area (Å²) in [5.41, 5.74) is 1.34. The third-order valence-corrected chi connectivity index (χ3v) is 8.02. The lowest BCUT2D eigenvalue weighted by Crippen LogP contribution is -2.53. The van der Waals surface area contributed by atoms with Crippen LogP contribution in [-0.2, 0) is 0 Å². The van der Waals surface area contributed by atoms with Crippen molar-refractivity contribution in [3.05, 3.63) is 64.7 Å². The summed E-state index contributed by atoms with van der Waals surface area (Å²) in [7, 11) is 0. The van der Waals surface area contributed by atoms with Crippen molar-refractivity contribution in [3.63, 3.8) is 0 Å². The molecular formula is C25H29ClN2O3S. The number of unbranched alkanes of at least 4 members (excludes halogenated alkanes) is 1. The molecule has 0 saturated carbocycles. The standard InChI is InChI=1S/C25H29ClN2O3S/c1-2-3-17-31-22-10-6-19(7-11-22)23(29)27-14-12-25(13-15-27)28(16-18-32-25)24(30)20-4-8-21(26)9-5-20/h4-11H,2-3,12-18H2,1H3. The van der Waals surface area contributed by atoms with Crippen molar-refractivity contribution in [1.29, 1.82) is 0 Å². The highest BCUT2D eigenvalue weighted by atomic mass is 35.5. The van der Waals surface area contributed by atoms with Gasteiger partial charge in [0.15, 0.2) is 0 Å². The lowest BCUT2D eigenvalue weighted by Gasteiger charge is -2.44. The van der Waals surface area contributed by atoms with Crippen LogP contribution in [0.2, 0.25) is 5.02 Å². The van der Waals surface area contributed by atoms with Gasteiger partial charge in [0.05, 0.1) is 11.5 Å². The van der Waals surface area contributed by atoms with Crippen LogP contribution >= 0.6 is 23.4 Å². The Balaban J connectivity index is 1.37. The molecule has 1 spiro atoms. The SMILES string of the molecule is CCCCOc1ccc(C(=O)N2CCC3(CC2)SCCN3C(=O)c2ccc(Cl)cc2)cc1. The van der Waals surface area contributed by atoms with Gasteiger partial charge in [-0.05, 0) is 67.8 Å². The van der Waals surface area contributed by atoms with Gasteiger partial charge in [-0.1, -0.05) is 24.9 Å². The predicted molar refractivity (Wildman–Crippen MR) is 130 cm³/mol. The molecule has 2 amide bonds. The van der Waals surface area contributed by atoms with Gasteiger partial charge >= 0.3 is 0 Å². The molecule has 7 heteroatoms. The van der Waals surface area contributed by atoms with E-state index >= 15 is 0 Å². The Labute approximate surface area is 199 Å². The molecule has 170 valence electrons. The zero-order chi connectivity index (χ0) is 22.6. The van der Waals surface area contributed by atoms with E-state index in [1.54, 1.807) is 24.3 Å². The molecule has 5 nitrogen and oxygen atoms in total. The molecule has 2 fully saturated rings. The number of benzene rings is 2. The minimum Gasteiger partial charge on any atom is -0.494 e. The van der Waals surface area contributed by atoms with Gasteiger partial charge in [0.1, 0.15) is 5.75 Å². The third-order valence-electron chi connectivity index (χ3n) is 6.21. The zero-order valence-corrected chi connectivity index (χ0v) is 20.0. The summed E-state index contributed by atoms with van der Waals surface area (Å²) in [5.74, 6) is 1.81. The Hall–Kier alpha value is -2.18. The normalized spacial score (nSPS) is 17.6. The molecule has 0 unspecified atom stereocenters. The number of hydrogen-bond donors (Lipinski definition) is 0. The number of amides is 2. The average Bonchev–Trinajstić information content (AvgIpc) is 3.22. The highest BCUT2D eigenvalue weighted by Gasteiger charge is 2.47. The fourth-order valence-electron chi connectivity index (χ4n) is 4.33. The molecule has 2 aliphatic heterocycles. The highest BCUT2D eigenvalue weighted by molar-refractivity contribution is 8.00. The highest BCUT2D eigenvalue weighted by Crippen LogP contribution is 2.44. The van der Waals surface area contributed by atoms with Crippen molar-refractivity contribution < 1.29 is 14.3 Å². The number of thioether (sulfide) groups is 1. The van der Waals surface area contributed by atoms with E-state index < -0.39 is 0 Å². The molecule has 0 aromatic heterocycles. The Bertz CT molecular complexity index is 941. The minimum absolute atomic E-state index is 0.0403. The summed E-state index contributed by atoms with van der Waals surface area (Å²) in [6.07, 6.45) is 3.67. The predicted octanol–water partition coefficient (Wildman–Crippen LogP) is 5.34. The maximum atomic E-state index is 13.2. The van der Waals surface area contributed by atoms with Gasteiger partial charge in [-0.25, -0.2) is 0 Å². The number of carbonyl (C=O) groups is 2. The van der Waals surface area contributed by atoms with Crippen LogP contribution in [-0.4, -0.2) is 58.5 Å². The maximum Gasteiger partial charge on any atom is 0.254 e. The lowest BCUT2D eigenvalue weighted by molar-refractivity contribution is 0.0498. The average molecular weight is 473 g/mol. The topological polar surface area (TPSA) is 49.9 Å². The van der Waals surface area contributed by atoms with E-state index in [1.807, 2.05) is 45.8 Å². The van der Waals surface area contributed by atoms with Gasteiger partial charge in [0, 0.05) is 41.5 Å². The first kappa shape index (κ1) is 23.0. The van der Waals surface area contributed by atoms with Gasteiger partial charge in [0.2, 0.25) is 0 Å². The molecule has 0 aliphatic carbocycles. The van der Waals surface area contributed by atoms with Crippen LogP contribution in [0.5, 0.6) is 5.75 Å². The first-order valence-electron chi connectivity index (χ1n) is 11.3. The molecule has 0 bridgehead atoms. The van der Waals surface area contributed by atoms with E-state index in [-0.39, 0.29) is 16.7 Å². The first-order valence-corrected chi connectivity index (χ1v) is 12.6. The number of carbonyl (C=O) groups excluding carboxylic acids is 2. The molecular weight excluding hydrogens is 444 g/mol. The summed E-state index contributed by atoms with van der Waals surface area (Å²) < 4.78 is 5.69. The quantitative estimate of drug-likeness (QED) is 0.532. The smallest absolute Gasteiger partial charge is 0.254 e. The minimum atomic E-state index is -0.232. The Morgan fingerprint density at radius 1 is 0.969 bits per heavy atom. The van der Waals surface area contributed by atoms with Crippen molar-refractivity contribution in [3.8, 4) is 5.75 Å². The third kappa shape index (κ3) is 4.91. The summed E-state index contributed by atoms with van der Waals surface area (Å²) in [6, 6.07) is 14.5. The van der Waals surface area contributed by atoms with Crippen molar-refractivity contribution in [1.82, 2.24) is 9.80 Å². The fourth-order valence-corrected chi connectivity index (χ4v) is 5.91. The van der Waals surface area contributed by atoms with Crippen LogP contribution < -0.4 is 4.74 Å². The summed E-state index contributed by atoms with van der Waals surface area (Å²) in [4.78, 5) is 29.9. The summed E-state index contributed by atoms with van der Waals surface area (Å²) in [5, 5.41) is 0.624. The zero-order valence-electron chi connectivity index (χ0n) is 18.4. The molecule has 0 atom stereocenters. The fraction of sp³-hybridized carbons (Fsp3) is 0.440. The van der Waals surface area contributed by atoms with Crippen LogP contribution in [0.15, 0.2) is 48.5 Å². The molecule has 2 aromatic rings. The number of likely N-dealkylation sites (tertiary alicyclic amines) is 1. The molecule has 0 radical (unpaired) electrons. The second-order valence-corrected chi connectivity index (χ2v) is 10.2. The lowest BCUT2D eigenvalue weighted by atomic mass is 10.00. The van der Waals surface area contributed by atoms with Crippen LogP contribution in [0.4, 0.5) is 0 Å². The van der Waals surface area contributed by atoms with Crippen LogP contribution in [0, 0.1) is 0 Å². The van der Waals surface area contributed by atoms with E-state index in [9.17, 15) is 9.59 Å². The first-order chi connectivity index (χ1) is 15.5. The molecule has 2 aliphatic rings. The van der Waals surface area contributed by atoms with Gasteiger partial charge in [0.25, 0.3) is 11.8 Å². The van der Waals surface area contributed by atoms with Gasteiger partial charge in [-0.2, -0.15) is 0 Å².